The number of aliphatic imine (C=N–C) groups is 1. The summed E-state index contributed by atoms with van der Waals surface area (Å²) < 4.78 is 25.3. The van der Waals surface area contributed by atoms with Crippen LogP contribution < -0.4 is 9.80 Å². The first kappa shape index (κ1) is 19.7. The van der Waals surface area contributed by atoms with Gasteiger partial charge in [0.05, 0.1) is 37.7 Å². The summed E-state index contributed by atoms with van der Waals surface area (Å²) in [4.78, 5) is 19.9. The molecule has 8 heteroatoms. The quantitative estimate of drug-likeness (QED) is 0.692. The predicted molar refractivity (Wildman–Crippen MR) is 111 cm³/mol. The Balaban J connectivity index is 1.39. The second-order valence-corrected chi connectivity index (χ2v) is 7.32. The smallest absolute Gasteiger partial charge is 0.415 e. The van der Waals surface area contributed by atoms with Crippen LogP contribution in [0.15, 0.2) is 47.5 Å². The van der Waals surface area contributed by atoms with Crippen molar-refractivity contribution in [1.82, 2.24) is 0 Å². The number of halogens is 2. The van der Waals surface area contributed by atoms with E-state index in [4.69, 9.17) is 21.1 Å². The van der Waals surface area contributed by atoms with Gasteiger partial charge >= 0.3 is 6.09 Å². The minimum Gasteiger partial charge on any atom is -0.438 e. The number of carbonyl (C=O) groups excluding carboxylic acids is 1. The lowest BCUT2D eigenvalue weighted by Gasteiger charge is -2.29. The topological polar surface area (TPSA) is 54.4 Å². The number of cyclic esters (lactones) is 1. The molecule has 0 radical (unpaired) electrons. The molecular weight excluding hydrogens is 397 g/mol. The molecule has 2 aliphatic heterocycles. The highest BCUT2D eigenvalue weighted by molar-refractivity contribution is 6.30. The third-order valence-electron chi connectivity index (χ3n) is 4.89. The summed E-state index contributed by atoms with van der Waals surface area (Å²) in [5, 5.41) is 0.671. The first-order valence-corrected chi connectivity index (χ1v) is 9.83. The van der Waals surface area contributed by atoms with Crippen molar-refractivity contribution < 1.29 is 18.7 Å². The van der Waals surface area contributed by atoms with Crippen LogP contribution >= 0.6 is 11.6 Å². The summed E-state index contributed by atoms with van der Waals surface area (Å²) in [6, 6.07) is 12.2. The number of ether oxygens (including phenoxy) is 2. The van der Waals surface area contributed by atoms with Gasteiger partial charge in [0.2, 0.25) is 0 Å². The zero-order valence-corrected chi connectivity index (χ0v) is 16.5. The van der Waals surface area contributed by atoms with Gasteiger partial charge in [0, 0.05) is 24.3 Å². The molecule has 2 aliphatic rings. The molecule has 2 aromatic carbocycles. The van der Waals surface area contributed by atoms with Crippen molar-refractivity contribution in [3.8, 4) is 0 Å². The van der Waals surface area contributed by atoms with Crippen LogP contribution in [0.1, 0.15) is 5.56 Å². The molecule has 1 atom stereocenters. The minimum atomic E-state index is -0.508. The lowest BCUT2D eigenvalue weighted by molar-refractivity contribution is 0.122. The van der Waals surface area contributed by atoms with E-state index < -0.39 is 12.2 Å². The van der Waals surface area contributed by atoms with Crippen LogP contribution in [0.2, 0.25) is 5.02 Å². The predicted octanol–water partition coefficient (Wildman–Crippen LogP) is 3.91. The molecule has 0 N–H and O–H groups in total. The number of benzene rings is 2. The normalized spacial score (nSPS) is 19.8. The summed E-state index contributed by atoms with van der Waals surface area (Å²) in [7, 11) is 0. The lowest BCUT2D eigenvalue weighted by Crippen LogP contribution is -2.36. The number of anilines is 2. The van der Waals surface area contributed by atoms with Crippen LogP contribution in [-0.4, -0.2) is 51.3 Å². The number of carbonyl (C=O) groups is 1. The van der Waals surface area contributed by atoms with Crippen LogP contribution in [0.25, 0.3) is 0 Å². The second kappa shape index (κ2) is 8.80. The number of hydrogen-bond donors (Lipinski definition) is 0. The average molecular weight is 418 g/mol. The number of amides is 1. The molecule has 4 rings (SSSR count). The zero-order chi connectivity index (χ0) is 20.2. The SMILES string of the molecule is O=C1O[C@H](C=NCc2ccc(Cl)cc2)CN1c1ccc(N2CCOCC2)c(F)c1. The Morgan fingerprint density at radius 3 is 2.66 bits per heavy atom. The number of nitrogens with zero attached hydrogens (tertiary/aromatic N) is 3. The van der Waals surface area contributed by atoms with Crippen molar-refractivity contribution in [3.63, 3.8) is 0 Å². The Hall–Kier alpha value is -2.64. The fraction of sp³-hybridized carbons (Fsp3) is 0.333. The van der Waals surface area contributed by atoms with E-state index in [-0.39, 0.29) is 5.82 Å². The standard InChI is InChI=1S/C21H21ClFN3O3/c22-16-3-1-15(2-4-16)12-24-13-18-14-26(21(27)29-18)17-5-6-20(19(23)11-17)25-7-9-28-10-8-25/h1-6,11,13,18H,7-10,12,14H2/t18-/m1/s1. The first-order chi connectivity index (χ1) is 14.1. The van der Waals surface area contributed by atoms with E-state index in [0.717, 1.165) is 5.56 Å². The molecule has 2 saturated heterocycles. The Labute approximate surface area is 173 Å². The first-order valence-electron chi connectivity index (χ1n) is 9.45. The molecule has 0 saturated carbocycles. The van der Waals surface area contributed by atoms with E-state index >= 15 is 0 Å². The van der Waals surface area contributed by atoms with Crippen molar-refractivity contribution in [1.29, 1.82) is 0 Å². The van der Waals surface area contributed by atoms with E-state index in [1.165, 1.54) is 11.0 Å². The molecule has 152 valence electrons. The van der Waals surface area contributed by atoms with Gasteiger partial charge in [-0.1, -0.05) is 23.7 Å². The van der Waals surface area contributed by atoms with E-state index in [0.29, 0.717) is 55.8 Å². The second-order valence-electron chi connectivity index (χ2n) is 6.88. The van der Waals surface area contributed by atoms with Gasteiger partial charge in [-0.2, -0.15) is 0 Å². The summed E-state index contributed by atoms with van der Waals surface area (Å²) in [6.45, 7) is 3.21. The number of morpholine rings is 1. The van der Waals surface area contributed by atoms with E-state index in [2.05, 4.69) is 4.99 Å². The zero-order valence-electron chi connectivity index (χ0n) is 15.8. The van der Waals surface area contributed by atoms with Gasteiger partial charge in [0.25, 0.3) is 0 Å². The number of rotatable bonds is 5. The van der Waals surface area contributed by atoms with E-state index in [1.54, 1.807) is 30.5 Å². The summed E-state index contributed by atoms with van der Waals surface area (Å²) in [6.07, 6.45) is 0.633. The molecule has 2 heterocycles. The van der Waals surface area contributed by atoms with Gasteiger partial charge in [0.1, 0.15) is 5.82 Å². The highest BCUT2D eigenvalue weighted by Crippen LogP contribution is 2.28. The van der Waals surface area contributed by atoms with Crippen molar-refractivity contribution >= 4 is 35.3 Å². The number of hydrogen-bond acceptors (Lipinski definition) is 5. The van der Waals surface area contributed by atoms with E-state index in [9.17, 15) is 9.18 Å². The fourth-order valence-corrected chi connectivity index (χ4v) is 3.49. The van der Waals surface area contributed by atoms with Gasteiger partial charge in [-0.25, -0.2) is 9.18 Å². The third-order valence-corrected chi connectivity index (χ3v) is 5.14. The fourth-order valence-electron chi connectivity index (χ4n) is 3.36. The largest absolute Gasteiger partial charge is 0.438 e. The van der Waals surface area contributed by atoms with Crippen molar-refractivity contribution in [2.24, 2.45) is 4.99 Å². The molecule has 0 aliphatic carbocycles. The maximum Gasteiger partial charge on any atom is 0.415 e. The average Bonchev–Trinajstić information content (AvgIpc) is 3.10. The molecule has 2 fully saturated rings. The highest BCUT2D eigenvalue weighted by Gasteiger charge is 2.32. The van der Waals surface area contributed by atoms with Crippen molar-refractivity contribution in [3.05, 3.63) is 58.9 Å². The van der Waals surface area contributed by atoms with Crippen LogP contribution in [0, 0.1) is 5.82 Å². The van der Waals surface area contributed by atoms with Crippen molar-refractivity contribution in [2.75, 3.05) is 42.6 Å². The molecule has 0 bridgehead atoms. The summed E-state index contributed by atoms with van der Waals surface area (Å²) >= 11 is 5.87. The van der Waals surface area contributed by atoms with Crippen LogP contribution in [-0.2, 0) is 16.0 Å². The lowest BCUT2D eigenvalue weighted by atomic mass is 10.2. The summed E-state index contributed by atoms with van der Waals surface area (Å²) in [5.74, 6) is -0.364. The third kappa shape index (κ3) is 4.68. The molecular formula is C21H21ClFN3O3. The Morgan fingerprint density at radius 1 is 1.17 bits per heavy atom. The monoisotopic (exact) mass is 417 g/mol. The highest BCUT2D eigenvalue weighted by atomic mass is 35.5. The molecule has 0 spiro atoms. The van der Waals surface area contributed by atoms with Crippen LogP contribution in [0.5, 0.6) is 0 Å². The molecule has 1 amide bonds. The molecule has 29 heavy (non-hydrogen) atoms. The van der Waals surface area contributed by atoms with Crippen molar-refractivity contribution in [2.45, 2.75) is 12.6 Å². The maximum atomic E-state index is 14.6. The molecule has 0 aromatic heterocycles. The van der Waals surface area contributed by atoms with Gasteiger partial charge in [-0.15, -0.1) is 0 Å². The minimum absolute atomic E-state index is 0.291. The Kier molecular flexibility index (Phi) is 5.97. The van der Waals surface area contributed by atoms with Crippen LogP contribution in [0.3, 0.4) is 0 Å². The van der Waals surface area contributed by atoms with Gasteiger partial charge in [0.15, 0.2) is 6.10 Å². The van der Waals surface area contributed by atoms with Crippen LogP contribution in [0.4, 0.5) is 20.6 Å². The molecule has 2 aromatic rings. The Bertz CT molecular complexity index is 901. The molecule has 6 nitrogen and oxygen atoms in total. The maximum absolute atomic E-state index is 14.6. The summed E-state index contributed by atoms with van der Waals surface area (Å²) in [5.41, 5.74) is 2.00. The van der Waals surface area contributed by atoms with Gasteiger partial charge in [-0.05, 0) is 35.9 Å². The Morgan fingerprint density at radius 2 is 1.93 bits per heavy atom. The van der Waals surface area contributed by atoms with E-state index in [1.807, 2.05) is 17.0 Å². The van der Waals surface area contributed by atoms with Gasteiger partial charge in [-0.3, -0.25) is 9.89 Å². The van der Waals surface area contributed by atoms with Gasteiger partial charge < -0.3 is 14.4 Å². The molecule has 0 unspecified atom stereocenters.